The molecule has 114 valence electrons. The summed E-state index contributed by atoms with van der Waals surface area (Å²) in [7, 11) is -2.44. The van der Waals surface area contributed by atoms with Crippen LogP contribution in [-0.4, -0.2) is 8.32 Å². The van der Waals surface area contributed by atoms with Crippen molar-refractivity contribution in [2.24, 2.45) is 0 Å². The molecule has 3 aromatic rings. The molecule has 0 fully saturated rings. The first-order chi connectivity index (χ1) is 11.3. The van der Waals surface area contributed by atoms with Crippen LogP contribution in [0.2, 0.25) is 0 Å². The molecule has 0 aliphatic rings. The van der Waals surface area contributed by atoms with Crippen molar-refractivity contribution in [3.05, 3.63) is 109 Å². The van der Waals surface area contributed by atoms with E-state index in [4.69, 9.17) is 4.43 Å². The zero-order valence-electron chi connectivity index (χ0n) is 13.1. The maximum Gasteiger partial charge on any atom is 0.280 e. The summed E-state index contributed by atoms with van der Waals surface area (Å²) < 4.78 is 6.56. The normalized spacial score (nSPS) is 11.1. The van der Waals surface area contributed by atoms with E-state index in [2.05, 4.69) is 67.2 Å². The van der Waals surface area contributed by atoms with E-state index in [9.17, 15) is 0 Å². The van der Waals surface area contributed by atoms with Crippen molar-refractivity contribution in [3.63, 3.8) is 0 Å². The Kier molecular flexibility index (Phi) is 4.86. The smallest absolute Gasteiger partial charge is 0.280 e. The predicted octanol–water partition coefficient (Wildman–Crippen LogP) is 3.69. The Morgan fingerprint density at radius 2 is 1.13 bits per heavy atom. The lowest BCUT2D eigenvalue weighted by Gasteiger charge is -2.29. The second kappa shape index (κ2) is 7.23. The summed E-state index contributed by atoms with van der Waals surface area (Å²) in [5, 5.41) is 2.44. The molecule has 3 aromatic carbocycles. The van der Waals surface area contributed by atoms with Gasteiger partial charge in [-0.25, -0.2) is 0 Å². The molecule has 0 spiro atoms. The number of hydrogen-bond donors (Lipinski definition) is 0. The zero-order chi connectivity index (χ0) is 16.0. The van der Waals surface area contributed by atoms with E-state index in [1.54, 1.807) is 0 Å². The maximum atomic E-state index is 6.56. The van der Waals surface area contributed by atoms with E-state index in [1.807, 2.05) is 36.0 Å². The van der Waals surface area contributed by atoms with Crippen molar-refractivity contribution in [1.82, 2.24) is 0 Å². The highest BCUT2D eigenvalue weighted by Gasteiger charge is 2.36. The minimum absolute atomic E-state index is 0.586. The Bertz CT molecular complexity index is 699. The Morgan fingerprint density at radius 1 is 0.696 bits per heavy atom. The van der Waals surface area contributed by atoms with Crippen LogP contribution in [-0.2, 0) is 11.0 Å². The van der Waals surface area contributed by atoms with Gasteiger partial charge in [-0.3, -0.25) is 0 Å². The molecule has 0 bridgehead atoms. The van der Waals surface area contributed by atoms with Crippen molar-refractivity contribution in [1.29, 1.82) is 0 Å². The van der Waals surface area contributed by atoms with Crippen LogP contribution in [0.3, 0.4) is 0 Å². The first-order valence-electron chi connectivity index (χ1n) is 7.78. The molecule has 0 aromatic heterocycles. The topological polar surface area (TPSA) is 9.23 Å². The molecule has 2 heteroatoms. The van der Waals surface area contributed by atoms with E-state index >= 15 is 0 Å². The largest absolute Gasteiger partial charge is 0.400 e. The third kappa shape index (κ3) is 3.34. The van der Waals surface area contributed by atoms with Gasteiger partial charge in [0, 0.05) is 0 Å². The van der Waals surface area contributed by atoms with E-state index < -0.39 is 8.32 Å². The van der Waals surface area contributed by atoms with Gasteiger partial charge < -0.3 is 4.43 Å². The number of rotatable bonds is 6. The Morgan fingerprint density at radius 3 is 1.57 bits per heavy atom. The SMILES string of the molecule is C=C[Si](OCc1ccccc1)(c1ccccc1)c1ccccc1. The molecule has 1 nitrogen and oxygen atoms in total. The molecule has 0 atom stereocenters. The Balaban J connectivity index is 2.01. The summed E-state index contributed by atoms with van der Waals surface area (Å²) in [6, 6.07) is 31.2. The second-order valence-electron chi connectivity index (χ2n) is 5.45. The molecular weight excluding hydrogens is 296 g/mol. The molecule has 0 radical (unpaired) electrons. The molecule has 0 amide bonds. The fourth-order valence-electron chi connectivity index (χ4n) is 2.77. The van der Waals surface area contributed by atoms with Gasteiger partial charge in [-0.2, -0.15) is 0 Å². The van der Waals surface area contributed by atoms with Gasteiger partial charge in [0.15, 0.2) is 0 Å². The first-order valence-corrected chi connectivity index (χ1v) is 9.76. The van der Waals surface area contributed by atoms with Crippen molar-refractivity contribution in [2.75, 3.05) is 0 Å². The van der Waals surface area contributed by atoms with Gasteiger partial charge in [0.05, 0.1) is 6.61 Å². The van der Waals surface area contributed by atoms with E-state index in [1.165, 1.54) is 15.9 Å². The third-order valence-electron chi connectivity index (χ3n) is 4.00. The lowest BCUT2D eigenvalue weighted by molar-refractivity contribution is 0.311. The molecule has 0 heterocycles. The second-order valence-corrected chi connectivity index (χ2v) is 8.77. The number of hydrogen-bond acceptors (Lipinski definition) is 1. The van der Waals surface area contributed by atoms with E-state index in [0.29, 0.717) is 6.61 Å². The quantitative estimate of drug-likeness (QED) is 0.630. The fourth-order valence-corrected chi connectivity index (χ4v) is 5.80. The fraction of sp³-hybridized carbons (Fsp3) is 0.0476. The minimum Gasteiger partial charge on any atom is -0.400 e. The lowest BCUT2D eigenvalue weighted by Crippen LogP contribution is -2.59. The summed E-state index contributed by atoms with van der Waals surface area (Å²) in [5.74, 6) is 0. The van der Waals surface area contributed by atoms with Crippen molar-refractivity contribution in [3.8, 4) is 0 Å². The summed E-state index contributed by atoms with van der Waals surface area (Å²) in [6.07, 6.45) is 0. The Hall–Kier alpha value is -2.42. The lowest BCUT2D eigenvalue weighted by atomic mass is 10.2. The predicted molar refractivity (Wildman–Crippen MR) is 99.3 cm³/mol. The van der Waals surface area contributed by atoms with Crippen LogP contribution in [0.4, 0.5) is 0 Å². The van der Waals surface area contributed by atoms with Gasteiger partial charge in [-0.15, -0.1) is 6.58 Å². The molecule has 0 saturated carbocycles. The third-order valence-corrected chi connectivity index (χ3v) is 7.56. The standard InChI is InChI=1S/C21H20OSi/c1-2-23(20-14-8-4-9-15-20,21-16-10-5-11-17-21)22-18-19-12-6-3-7-13-19/h2-17H,1,18H2. The molecule has 3 rings (SSSR count). The highest BCUT2D eigenvalue weighted by atomic mass is 28.4. The summed E-state index contributed by atoms with van der Waals surface area (Å²) >= 11 is 0. The van der Waals surface area contributed by atoms with Gasteiger partial charge in [0.1, 0.15) is 0 Å². The molecule has 0 aliphatic carbocycles. The van der Waals surface area contributed by atoms with Gasteiger partial charge >= 0.3 is 0 Å². The van der Waals surface area contributed by atoms with Gasteiger partial charge in [-0.1, -0.05) is 96.7 Å². The summed E-state index contributed by atoms with van der Waals surface area (Å²) in [5.41, 5.74) is 3.21. The minimum atomic E-state index is -2.44. The number of benzene rings is 3. The van der Waals surface area contributed by atoms with Gasteiger partial charge in [-0.05, 0) is 15.9 Å². The van der Waals surface area contributed by atoms with Crippen LogP contribution < -0.4 is 10.4 Å². The van der Waals surface area contributed by atoms with Crippen LogP contribution in [0.15, 0.2) is 103 Å². The van der Waals surface area contributed by atoms with Crippen LogP contribution in [0.25, 0.3) is 0 Å². The molecule has 23 heavy (non-hydrogen) atoms. The molecule has 0 saturated heterocycles. The van der Waals surface area contributed by atoms with Crippen molar-refractivity contribution in [2.45, 2.75) is 6.61 Å². The Labute approximate surface area is 139 Å². The highest BCUT2D eigenvalue weighted by Crippen LogP contribution is 2.13. The maximum absolute atomic E-state index is 6.56. The zero-order valence-corrected chi connectivity index (χ0v) is 14.1. The molecule has 0 unspecified atom stereocenters. The van der Waals surface area contributed by atoms with Crippen LogP contribution in [0, 0.1) is 0 Å². The summed E-state index contributed by atoms with van der Waals surface area (Å²) in [6.45, 7) is 4.72. The summed E-state index contributed by atoms with van der Waals surface area (Å²) in [4.78, 5) is 0. The van der Waals surface area contributed by atoms with E-state index in [-0.39, 0.29) is 0 Å². The molecule has 0 aliphatic heterocycles. The van der Waals surface area contributed by atoms with Gasteiger partial charge in [0.2, 0.25) is 0 Å². The first kappa shape index (κ1) is 15.5. The molecular formula is C21H20OSi. The average Bonchev–Trinajstić information content (AvgIpc) is 2.65. The van der Waals surface area contributed by atoms with Crippen LogP contribution in [0.1, 0.15) is 5.56 Å². The highest BCUT2D eigenvalue weighted by molar-refractivity contribution is 7.01. The monoisotopic (exact) mass is 316 g/mol. The van der Waals surface area contributed by atoms with Crippen LogP contribution in [0.5, 0.6) is 0 Å². The average molecular weight is 316 g/mol. The van der Waals surface area contributed by atoms with Crippen molar-refractivity contribution < 1.29 is 4.43 Å². The van der Waals surface area contributed by atoms with Gasteiger partial charge in [0.25, 0.3) is 8.32 Å². The molecule has 0 N–H and O–H groups in total. The van der Waals surface area contributed by atoms with E-state index in [0.717, 1.165) is 0 Å². The van der Waals surface area contributed by atoms with Crippen LogP contribution >= 0.6 is 0 Å². The van der Waals surface area contributed by atoms with Crippen molar-refractivity contribution >= 4 is 18.7 Å².